The third-order valence-electron chi connectivity index (χ3n) is 2.92. The monoisotopic (exact) mass is 463 g/mol. The van der Waals surface area contributed by atoms with E-state index in [0.717, 1.165) is 11.3 Å². The quantitative estimate of drug-likeness (QED) is 0.386. The molecular formula is C14H14BrClNO2SY-. The SMILES string of the molecule is CSCOc1ccc(C2=[C-]CC(Br)C(=O)N2C)c(Cl)c1.[Y]. The molecule has 21 heavy (non-hydrogen) atoms. The van der Waals surface area contributed by atoms with Crippen LogP contribution in [-0.4, -0.2) is 34.9 Å². The molecule has 1 heterocycles. The van der Waals surface area contributed by atoms with Gasteiger partial charge in [0.15, 0.2) is 0 Å². The van der Waals surface area contributed by atoms with Gasteiger partial charge in [-0.1, -0.05) is 22.4 Å². The Morgan fingerprint density at radius 2 is 2.29 bits per heavy atom. The fourth-order valence-corrected chi connectivity index (χ4v) is 2.88. The van der Waals surface area contributed by atoms with E-state index in [4.69, 9.17) is 16.3 Å². The molecule has 0 spiro atoms. The van der Waals surface area contributed by atoms with Gasteiger partial charge < -0.3 is 9.64 Å². The third kappa shape index (κ3) is 4.71. The number of carbonyl (C=O) groups is 1. The molecule has 1 aliphatic rings. The van der Waals surface area contributed by atoms with Crippen LogP contribution in [0.15, 0.2) is 18.2 Å². The molecule has 1 radical (unpaired) electrons. The van der Waals surface area contributed by atoms with E-state index < -0.39 is 0 Å². The summed E-state index contributed by atoms with van der Waals surface area (Å²) in [5, 5.41) is 0.554. The van der Waals surface area contributed by atoms with Gasteiger partial charge in [-0.25, -0.2) is 6.08 Å². The van der Waals surface area contributed by atoms with Crippen LogP contribution in [0.3, 0.4) is 0 Å². The van der Waals surface area contributed by atoms with Gasteiger partial charge in [-0.2, -0.15) is 0 Å². The Hall–Kier alpha value is 0.454. The maximum atomic E-state index is 12.0. The number of nitrogens with zero attached hydrogens (tertiary/aromatic N) is 1. The summed E-state index contributed by atoms with van der Waals surface area (Å²) in [5.74, 6) is 1.31. The first-order valence-electron chi connectivity index (χ1n) is 5.98. The van der Waals surface area contributed by atoms with Gasteiger partial charge in [0.2, 0.25) is 5.91 Å². The van der Waals surface area contributed by atoms with Gasteiger partial charge in [0.1, 0.15) is 11.7 Å². The number of halogens is 2. The average Bonchev–Trinajstić information content (AvgIpc) is 2.44. The summed E-state index contributed by atoms with van der Waals surface area (Å²) in [7, 11) is 1.73. The first-order chi connectivity index (χ1) is 9.54. The number of rotatable bonds is 4. The number of hydrogen-bond acceptors (Lipinski definition) is 3. The van der Waals surface area contributed by atoms with Gasteiger partial charge in [0.05, 0.1) is 4.83 Å². The van der Waals surface area contributed by atoms with Crippen LogP contribution in [0.25, 0.3) is 5.70 Å². The molecule has 1 aromatic rings. The summed E-state index contributed by atoms with van der Waals surface area (Å²) >= 11 is 11.2. The van der Waals surface area contributed by atoms with Crippen LogP contribution in [0.1, 0.15) is 12.0 Å². The predicted octanol–water partition coefficient (Wildman–Crippen LogP) is 3.81. The minimum Gasteiger partial charge on any atom is -0.483 e. The summed E-state index contributed by atoms with van der Waals surface area (Å²) in [6, 6.07) is 5.48. The second kappa shape index (κ2) is 8.92. The van der Waals surface area contributed by atoms with Gasteiger partial charge >= 0.3 is 0 Å². The molecule has 1 amide bonds. The molecule has 1 aromatic carbocycles. The van der Waals surface area contributed by atoms with E-state index in [1.54, 1.807) is 29.8 Å². The van der Waals surface area contributed by atoms with Crippen LogP contribution >= 0.6 is 39.3 Å². The van der Waals surface area contributed by atoms with Gasteiger partial charge in [0.25, 0.3) is 0 Å². The number of carbonyl (C=O) groups excluding carboxylic acids is 1. The van der Waals surface area contributed by atoms with Crippen LogP contribution in [0.2, 0.25) is 5.02 Å². The van der Waals surface area contributed by atoms with Crippen LogP contribution in [0.4, 0.5) is 0 Å². The van der Waals surface area contributed by atoms with Crippen molar-refractivity contribution in [3.05, 3.63) is 34.9 Å². The first kappa shape index (κ1) is 19.5. The summed E-state index contributed by atoms with van der Waals surface area (Å²) in [6.07, 6.45) is 5.72. The van der Waals surface area contributed by atoms with Crippen molar-refractivity contribution in [2.24, 2.45) is 0 Å². The standard InChI is InChI=1S/C14H14BrClNO2S.Y/c1-17-13(6-5-11(15)14(17)18)10-4-3-9(7-12(10)16)19-8-20-2;/h3-4,7,11H,5,8H2,1-2H3;/q-1;. The molecule has 1 unspecified atom stereocenters. The maximum Gasteiger partial charge on any atom is 0.236 e. The molecule has 1 atom stereocenters. The van der Waals surface area contributed by atoms with Crippen molar-refractivity contribution in [2.75, 3.05) is 19.2 Å². The number of allylic oxidation sites excluding steroid dienone is 1. The Bertz CT molecular complexity index is 556. The minimum atomic E-state index is -0.209. The molecule has 0 bridgehead atoms. The summed E-state index contributed by atoms with van der Waals surface area (Å²) in [5.41, 5.74) is 1.51. The first-order valence-corrected chi connectivity index (χ1v) is 8.67. The summed E-state index contributed by atoms with van der Waals surface area (Å²) < 4.78 is 5.50. The zero-order valence-electron chi connectivity index (χ0n) is 11.7. The van der Waals surface area contributed by atoms with E-state index >= 15 is 0 Å². The van der Waals surface area contributed by atoms with Crippen molar-refractivity contribution in [1.82, 2.24) is 4.90 Å². The summed E-state index contributed by atoms with van der Waals surface area (Å²) in [6.45, 7) is 0. The second-order valence-electron chi connectivity index (χ2n) is 4.29. The van der Waals surface area contributed by atoms with Crippen LogP contribution in [0, 0.1) is 6.08 Å². The molecule has 7 heteroatoms. The van der Waals surface area contributed by atoms with Crippen molar-refractivity contribution in [3.8, 4) is 5.75 Å². The molecule has 0 aromatic heterocycles. The Morgan fingerprint density at radius 3 is 2.90 bits per heavy atom. The molecule has 2 rings (SSSR count). The smallest absolute Gasteiger partial charge is 0.236 e. The molecule has 1 aliphatic heterocycles. The number of ether oxygens (including phenoxy) is 1. The predicted molar refractivity (Wildman–Crippen MR) is 87.2 cm³/mol. The van der Waals surface area contributed by atoms with Gasteiger partial charge in [-0.05, 0) is 23.4 Å². The number of hydrogen-bond donors (Lipinski definition) is 0. The number of thioether (sulfide) groups is 1. The van der Waals surface area contributed by atoms with Crippen LogP contribution < -0.4 is 4.74 Å². The zero-order chi connectivity index (χ0) is 14.7. The fraction of sp³-hybridized carbons (Fsp3) is 0.357. The van der Waals surface area contributed by atoms with E-state index in [2.05, 4.69) is 22.0 Å². The van der Waals surface area contributed by atoms with Crippen molar-refractivity contribution >= 4 is 50.9 Å². The largest absolute Gasteiger partial charge is 0.483 e. The number of alkyl halides is 1. The van der Waals surface area contributed by atoms with E-state index in [9.17, 15) is 4.79 Å². The van der Waals surface area contributed by atoms with Crippen LogP contribution in [-0.2, 0) is 37.5 Å². The van der Waals surface area contributed by atoms with E-state index in [1.807, 2.05) is 18.4 Å². The van der Waals surface area contributed by atoms with Gasteiger partial charge in [0, 0.05) is 39.8 Å². The zero-order valence-corrected chi connectivity index (χ0v) is 17.7. The molecule has 0 fully saturated rings. The number of amides is 1. The van der Waals surface area contributed by atoms with Crippen molar-refractivity contribution < 1.29 is 42.2 Å². The van der Waals surface area contributed by atoms with Crippen molar-refractivity contribution in [3.63, 3.8) is 0 Å². The topological polar surface area (TPSA) is 29.5 Å². The van der Waals surface area contributed by atoms with E-state index in [0.29, 0.717) is 23.1 Å². The van der Waals surface area contributed by atoms with E-state index in [-0.39, 0.29) is 43.4 Å². The van der Waals surface area contributed by atoms with Gasteiger partial charge in [-0.3, -0.25) is 4.79 Å². The maximum absolute atomic E-state index is 12.0. The average molecular weight is 465 g/mol. The Balaban J connectivity index is 0.00000220. The van der Waals surface area contributed by atoms with Crippen molar-refractivity contribution in [1.29, 1.82) is 0 Å². The fourth-order valence-electron chi connectivity index (χ4n) is 1.89. The van der Waals surface area contributed by atoms with Gasteiger partial charge in [-0.15, -0.1) is 40.7 Å². The molecule has 0 saturated carbocycles. The molecule has 3 nitrogen and oxygen atoms in total. The minimum absolute atomic E-state index is 0. The molecule has 0 N–H and O–H groups in total. The van der Waals surface area contributed by atoms with Crippen molar-refractivity contribution in [2.45, 2.75) is 11.2 Å². The van der Waals surface area contributed by atoms with E-state index in [1.165, 1.54) is 0 Å². The third-order valence-corrected chi connectivity index (χ3v) is 4.30. The molecule has 0 aliphatic carbocycles. The molecule has 111 valence electrons. The molecule has 0 saturated heterocycles. The van der Waals surface area contributed by atoms with Crippen LogP contribution in [0.5, 0.6) is 5.75 Å². The Morgan fingerprint density at radius 1 is 1.57 bits per heavy atom. The number of benzene rings is 1. The molecular weight excluding hydrogens is 450 g/mol. The second-order valence-corrected chi connectivity index (χ2v) is 6.61. The normalized spacial score (nSPS) is 18.1. The summed E-state index contributed by atoms with van der Waals surface area (Å²) in [4.78, 5) is 13.3. The Labute approximate surface area is 167 Å². The Kier molecular flexibility index (Phi) is 8.29.